The molecule has 6 nitrogen and oxygen atoms in total. The van der Waals surface area contributed by atoms with Gasteiger partial charge in [-0.05, 0) is 49.4 Å². The van der Waals surface area contributed by atoms with Gasteiger partial charge in [0.05, 0.1) is 11.4 Å². The maximum Gasteiger partial charge on any atom is 0.248 e. The molecule has 0 saturated heterocycles. The summed E-state index contributed by atoms with van der Waals surface area (Å²) in [6, 6.07) is 16.4. The zero-order valence-corrected chi connectivity index (χ0v) is 16.2. The first-order valence-corrected chi connectivity index (χ1v) is 8.99. The van der Waals surface area contributed by atoms with Crippen molar-refractivity contribution < 1.29 is 9.59 Å². The second-order valence-corrected chi connectivity index (χ2v) is 6.48. The molecule has 0 bridgehead atoms. The van der Waals surface area contributed by atoms with E-state index >= 15 is 0 Å². The van der Waals surface area contributed by atoms with E-state index in [0.717, 1.165) is 11.4 Å². The topological polar surface area (TPSA) is 76.0 Å². The molecule has 28 heavy (non-hydrogen) atoms. The minimum Gasteiger partial charge on any atom is -0.326 e. The summed E-state index contributed by atoms with van der Waals surface area (Å²) >= 11 is 6.45. The van der Waals surface area contributed by atoms with E-state index in [0.29, 0.717) is 22.1 Å². The second kappa shape index (κ2) is 8.54. The van der Waals surface area contributed by atoms with E-state index in [1.54, 1.807) is 35.0 Å². The Balaban J connectivity index is 1.71. The maximum absolute atomic E-state index is 12.2. The Labute approximate surface area is 167 Å². The van der Waals surface area contributed by atoms with Crippen LogP contribution >= 0.6 is 11.6 Å². The Morgan fingerprint density at radius 1 is 1.00 bits per heavy atom. The van der Waals surface area contributed by atoms with Crippen LogP contribution < -0.4 is 10.6 Å². The van der Waals surface area contributed by atoms with Gasteiger partial charge in [-0.15, -0.1) is 0 Å². The van der Waals surface area contributed by atoms with Crippen molar-refractivity contribution in [3.8, 4) is 5.69 Å². The minimum atomic E-state index is -0.296. The number of nitrogens with one attached hydrogen (secondary N) is 2. The van der Waals surface area contributed by atoms with Crippen LogP contribution in [0.5, 0.6) is 0 Å². The molecule has 2 N–H and O–H groups in total. The number of para-hydroxylation sites is 1. The van der Waals surface area contributed by atoms with Crippen LogP contribution in [-0.4, -0.2) is 21.6 Å². The summed E-state index contributed by atoms with van der Waals surface area (Å²) in [7, 11) is 0. The van der Waals surface area contributed by atoms with E-state index in [1.165, 1.54) is 13.0 Å². The molecule has 1 heterocycles. The Morgan fingerprint density at radius 2 is 1.61 bits per heavy atom. The van der Waals surface area contributed by atoms with Crippen LogP contribution in [0.3, 0.4) is 0 Å². The fraction of sp³-hybridized carbons (Fsp3) is 0.0952. The van der Waals surface area contributed by atoms with Crippen LogP contribution in [-0.2, 0) is 9.59 Å². The van der Waals surface area contributed by atoms with Crippen molar-refractivity contribution in [2.24, 2.45) is 0 Å². The van der Waals surface area contributed by atoms with Crippen LogP contribution in [0.1, 0.15) is 18.2 Å². The summed E-state index contributed by atoms with van der Waals surface area (Å²) < 4.78 is 1.63. The van der Waals surface area contributed by atoms with Gasteiger partial charge in [-0.3, -0.25) is 9.59 Å². The molecule has 3 aromatic rings. The lowest BCUT2D eigenvalue weighted by atomic mass is 10.2. The van der Waals surface area contributed by atoms with Gasteiger partial charge < -0.3 is 10.6 Å². The predicted octanol–water partition coefficient (Wildman–Crippen LogP) is 4.44. The van der Waals surface area contributed by atoms with Gasteiger partial charge in [0.15, 0.2) is 0 Å². The number of amides is 2. The van der Waals surface area contributed by atoms with E-state index in [1.807, 2.05) is 37.3 Å². The first-order chi connectivity index (χ1) is 13.4. The summed E-state index contributed by atoms with van der Waals surface area (Å²) in [5.74, 6) is -0.446. The molecule has 0 atom stereocenters. The van der Waals surface area contributed by atoms with Gasteiger partial charge in [-0.1, -0.05) is 29.8 Å². The summed E-state index contributed by atoms with van der Waals surface area (Å²) in [4.78, 5) is 23.2. The largest absolute Gasteiger partial charge is 0.326 e. The number of anilines is 2. The number of aromatic nitrogens is 2. The smallest absolute Gasteiger partial charge is 0.248 e. The zero-order valence-electron chi connectivity index (χ0n) is 15.4. The van der Waals surface area contributed by atoms with Gasteiger partial charge in [0.2, 0.25) is 11.8 Å². The Kier molecular flexibility index (Phi) is 5.91. The number of hydrogen-bond acceptors (Lipinski definition) is 3. The summed E-state index contributed by atoms with van der Waals surface area (Å²) in [5.41, 5.74) is 3.53. The number of rotatable bonds is 5. The number of carbonyl (C=O) groups is 2. The molecule has 0 radical (unpaired) electrons. The fourth-order valence-corrected chi connectivity index (χ4v) is 2.96. The van der Waals surface area contributed by atoms with Crippen molar-refractivity contribution in [3.05, 3.63) is 77.1 Å². The van der Waals surface area contributed by atoms with Gasteiger partial charge in [-0.25, -0.2) is 4.68 Å². The van der Waals surface area contributed by atoms with Gasteiger partial charge in [0.1, 0.15) is 5.15 Å². The van der Waals surface area contributed by atoms with Crippen molar-refractivity contribution in [2.75, 3.05) is 10.6 Å². The molecule has 2 amide bonds. The number of benzene rings is 2. The molecule has 0 saturated carbocycles. The van der Waals surface area contributed by atoms with Crippen LogP contribution in [0.15, 0.2) is 60.7 Å². The average Bonchev–Trinajstić information content (AvgIpc) is 2.96. The van der Waals surface area contributed by atoms with Gasteiger partial charge in [-0.2, -0.15) is 5.10 Å². The monoisotopic (exact) mass is 394 g/mol. The van der Waals surface area contributed by atoms with Gasteiger partial charge in [0, 0.05) is 29.9 Å². The van der Waals surface area contributed by atoms with Gasteiger partial charge >= 0.3 is 0 Å². The molecule has 0 spiro atoms. The highest BCUT2D eigenvalue weighted by Crippen LogP contribution is 2.24. The molecule has 0 aliphatic carbocycles. The van der Waals surface area contributed by atoms with Crippen LogP contribution in [0.25, 0.3) is 11.8 Å². The normalized spacial score (nSPS) is 10.8. The molecular weight excluding hydrogens is 376 g/mol. The highest BCUT2D eigenvalue weighted by Gasteiger charge is 2.12. The third-order valence-electron chi connectivity index (χ3n) is 3.92. The summed E-state index contributed by atoms with van der Waals surface area (Å²) in [5, 5.41) is 10.3. The third kappa shape index (κ3) is 4.66. The van der Waals surface area contributed by atoms with E-state index in [4.69, 9.17) is 11.6 Å². The van der Waals surface area contributed by atoms with E-state index < -0.39 is 0 Å². The third-order valence-corrected chi connectivity index (χ3v) is 4.29. The lowest BCUT2D eigenvalue weighted by molar-refractivity contribution is -0.114. The summed E-state index contributed by atoms with van der Waals surface area (Å²) in [6.45, 7) is 3.27. The van der Waals surface area contributed by atoms with Crippen LogP contribution in [0.4, 0.5) is 11.4 Å². The van der Waals surface area contributed by atoms with Crippen molar-refractivity contribution in [3.63, 3.8) is 0 Å². The zero-order chi connectivity index (χ0) is 20.1. The molecule has 0 aliphatic heterocycles. The van der Waals surface area contributed by atoms with E-state index in [2.05, 4.69) is 15.7 Å². The number of halogens is 1. The highest BCUT2D eigenvalue weighted by molar-refractivity contribution is 6.31. The maximum atomic E-state index is 12.2. The molecule has 1 aromatic heterocycles. The lowest BCUT2D eigenvalue weighted by Crippen LogP contribution is -2.08. The molecule has 7 heteroatoms. The predicted molar refractivity (Wildman–Crippen MR) is 112 cm³/mol. The minimum absolute atomic E-state index is 0.150. The molecular formula is C21H19ClN4O2. The SMILES string of the molecule is CC(=O)Nc1ccc(NC(=O)/C=C/c2c(C)nn(-c3ccccc3)c2Cl)cc1. The summed E-state index contributed by atoms with van der Waals surface area (Å²) in [6.07, 6.45) is 3.05. The first-order valence-electron chi connectivity index (χ1n) is 8.61. The number of hydrogen-bond donors (Lipinski definition) is 2. The van der Waals surface area contributed by atoms with E-state index in [-0.39, 0.29) is 11.8 Å². The van der Waals surface area contributed by atoms with Crippen molar-refractivity contribution in [1.29, 1.82) is 0 Å². The standard InChI is InChI=1S/C21H19ClN4O2/c1-14-19(21(22)26(25-14)18-6-4-3-5-7-18)12-13-20(28)24-17-10-8-16(9-11-17)23-15(2)27/h3-13H,1-2H3,(H,23,27)(H,24,28)/b13-12+. The highest BCUT2D eigenvalue weighted by atomic mass is 35.5. The second-order valence-electron chi connectivity index (χ2n) is 6.12. The van der Waals surface area contributed by atoms with Crippen LogP contribution in [0, 0.1) is 6.92 Å². The lowest BCUT2D eigenvalue weighted by Gasteiger charge is -2.05. The Morgan fingerprint density at radius 3 is 2.21 bits per heavy atom. The van der Waals surface area contributed by atoms with Crippen molar-refractivity contribution >= 4 is 40.9 Å². The van der Waals surface area contributed by atoms with Crippen LogP contribution in [0.2, 0.25) is 5.15 Å². The van der Waals surface area contributed by atoms with Crippen molar-refractivity contribution in [1.82, 2.24) is 9.78 Å². The number of carbonyl (C=O) groups excluding carboxylic acids is 2. The molecule has 0 aliphatic rings. The molecule has 0 fully saturated rings. The molecule has 3 rings (SSSR count). The fourth-order valence-electron chi connectivity index (χ4n) is 2.62. The van der Waals surface area contributed by atoms with Crippen molar-refractivity contribution in [2.45, 2.75) is 13.8 Å². The average molecular weight is 395 g/mol. The molecule has 2 aromatic carbocycles. The Hall–Kier alpha value is -3.38. The quantitative estimate of drug-likeness (QED) is 0.628. The first kappa shape index (κ1) is 19.4. The van der Waals surface area contributed by atoms with Gasteiger partial charge in [0.25, 0.3) is 0 Å². The van der Waals surface area contributed by atoms with E-state index in [9.17, 15) is 9.59 Å². The Bertz CT molecular complexity index is 1020. The number of aryl methyl sites for hydroxylation is 1. The molecule has 0 unspecified atom stereocenters. The number of nitrogens with zero attached hydrogens (tertiary/aromatic N) is 2. The molecule has 142 valence electrons.